The summed E-state index contributed by atoms with van der Waals surface area (Å²) in [5, 5.41) is 19.5. The van der Waals surface area contributed by atoms with E-state index in [2.05, 4.69) is 37.8 Å². The first kappa shape index (κ1) is 28.3. The van der Waals surface area contributed by atoms with Crippen molar-refractivity contribution in [2.24, 2.45) is 18.4 Å². The van der Waals surface area contributed by atoms with Gasteiger partial charge in [-0.15, -0.1) is 5.10 Å². The van der Waals surface area contributed by atoms with Crippen LogP contribution in [0.3, 0.4) is 0 Å². The molecular formula is C31H39ClN6O2. The quantitative estimate of drug-likeness (QED) is 0.267. The number of fused-ring (bicyclic) bond motifs is 1. The zero-order valence-corrected chi connectivity index (χ0v) is 24.8. The number of rotatable bonds is 9. The SMILES string of the molecule is CCC1CCN(Cc2nccn2Cc2cc(C(c3ccc4c(nnn4C)c3C)C(C)(C)C(=O)O)ccc2Cl)CC1. The number of nitrogens with zero attached hydrogens (tertiary/aromatic N) is 6. The molecule has 0 saturated carbocycles. The van der Waals surface area contributed by atoms with Crippen LogP contribution in [0.15, 0.2) is 42.7 Å². The molecule has 1 aliphatic heterocycles. The van der Waals surface area contributed by atoms with Crippen LogP contribution < -0.4 is 0 Å². The predicted octanol–water partition coefficient (Wildman–Crippen LogP) is 6.04. The molecule has 1 atom stereocenters. The summed E-state index contributed by atoms with van der Waals surface area (Å²) in [5.41, 5.74) is 4.31. The Balaban J connectivity index is 1.48. The van der Waals surface area contributed by atoms with Gasteiger partial charge in [-0.05, 0) is 87.0 Å². The highest BCUT2D eigenvalue weighted by molar-refractivity contribution is 6.31. The number of carbonyl (C=O) groups is 1. The lowest BCUT2D eigenvalue weighted by molar-refractivity contribution is -0.147. The van der Waals surface area contributed by atoms with E-state index in [-0.39, 0.29) is 0 Å². The third-order valence-corrected chi connectivity index (χ3v) is 9.23. The van der Waals surface area contributed by atoms with E-state index in [1.165, 1.54) is 19.3 Å². The highest BCUT2D eigenvalue weighted by atomic mass is 35.5. The van der Waals surface area contributed by atoms with Gasteiger partial charge in [-0.1, -0.05) is 48.4 Å². The van der Waals surface area contributed by atoms with Crippen LogP contribution in [-0.4, -0.2) is 53.6 Å². The van der Waals surface area contributed by atoms with Gasteiger partial charge < -0.3 is 9.67 Å². The first-order valence-electron chi connectivity index (χ1n) is 14.1. The van der Waals surface area contributed by atoms with Crippen LogP contribution in [0.2, 0.25) is 5.02 Å². The predicted molar refractivity (Wildman–Crippen MR) is 158 cm³/mol. The highest BCUT2D eigenvalue weighted by Gasteiger charge is 2.40. The van der Waals surface area contributed by atoms with Crippen LogP contribution in [0.25, 0.3) is 11.0 Å². The maximum Gasteiger partial charge on any atom is 0.310 e. The number of hydrogen-bond acceptors (Lipinski definition) is 5. The van der Waals surface area contributed by atoms with E-state index in [0.717, 1.165) is 64.7 Å². The largest absolute Gasteiger partial charge is 0.481 e. The number of aromatic nitrogens is 5. The zero-order chi connectivity index (χ0) is 28.6. The van der Waals surface area contributed by atoms with Gasteiger partial charge in [-0.2, -0.15) is 0 Å². The molecule has 40 heavy (non-hydrogen) atoms. The third kappa shape index (κ3) is 5.39. The topological polar surface area (TPSA) is 89.1 Å². The van der Waals surface area contributed by atoms with E-state index in [1.54, 1.807) is 18.5 Å². The first-order valence-corrected chi connectivity index (χ1v) is 14.5. The number of aryl methyl sites for hydroxylation is 2. The van der Waals surface area contributed by atoms with E-state index in [0.29, 0.717) is 11.6 Å². The van der Waals surface area contributed by atoms with Crippen molar-refractivity contribution >= 4 is 28.6 Å². The molecule has 0 spiro atoms. The van der Waals surface area contributed by atoms with Crippen molar-refractivity contribution in [3.8, 4) is 0 Å². The summed E-state index contributed by atoms with van der Waals surface area (Å²) < 4.78 is 3.89. The van der Waals surface area contributed by atoms with Crippen LogP contribution in [0.4, 0.5) is 0 Å². The zero-order valence-electron chi connectivity index (χ0n) is 24.1. The van der Waals surface area contributed by atoms with Gasteiger partial charge in [0.2, 0.25) is 0 Å². The molecule has 4 aromatic rings. The molecule has 0 radical (unpaired) electrons. The lowest BCUT2D eigenvalue weighted by Gasteiger charge is -2.33. The first-order chi connectivity index (χ1) is 19.1. The Labute approximate surface area is 241 Å². The summed E-state index contributed by atoms with van der Waals surface area (Å²) in [6.45, 7) is 11.4. The van der Waals surface area contributed by atoms with Crippen molar-refractivity contribution < 1.29 is 9.90 Å². The lowest BCUT2D eigenvalue weighted by Crippen LogP contribution is -2.34. The summed E-state index contributed by atoms with van der Waals surface area (Å²) >= 11 is 6.75. The Morgan fingerprint density at radius 1 is 1.18 bits per heavy atom. The number of carboxylic acid groups (broad SMARTS) is 1. The second kappa shape index (κ2) is 11.3. The Morgan fingerprint density at radius 3 is 2.62 bits per heavy atom. The third-order valence-electron chi connectivity index (χ3n) is 8.86. The molecule has 2 aromatic carbocycles. The van der Waals surface area contributed by atoms with Crippen LogP contribution in [0.5, 0.6) is 0 Å². The molecule has 0 aliphatic carbocycles. The number of imidazole rings is 1. The fourth-order valence-electron chi connectivity index (χ4n) is 6.14. The average molecular weight is 563 g/mol. The number of halogens is 1. The van der Waals surface area contributed by atoms with E-state index in [4.69, 9.17) is 11.6 Å². The number of benzene rings is 2. The molecule has 1 aliphatic rings. The number of piperidine rings is 1. The van der Waals surface area contributed by atoms with Crippen molar-refractivity contribution in [1.82, 2.24) is 29.4 Å². The van der Waals surface area contributed by atoms with Crippen LogP contribution in [-0.2, 0) is 24.9 Å². The van der Waals surface area contributed by atoms with Crippen molar-refractivity contribution in [3.05, 3.63) is 75.8 Å². The Morgan fingerprint density at radius 2 is 1.93 bits per heavy atom. The van der Waals surface area contributed by atoms with Gasteiger partial charge in [0.15, 0.2) is 0 Å². The molecule has 2 aromatic heterocycles. The normalized spacial score (nSPS) is 16.1. The molecule has 3 heterocycles. The molecular weight excluding hydrogens is 524 g/mol. The van der Waals surface area contributed by atoms with Crippen molar-refractivity contribution in [2.45, 2.75) is 66.0 Å². The highest BCUT2D eigenvalue weighted by Crippen LogP contribution is 2.44. The van der Waals surface area contributed by atoms with E-state index < -0.39 is 17.3 Å². The van der Waals surface area contributed by atoms with Gasteiger partial charge >= 0.3 is 5.97 Å². The summed E-state index contributed by atoms with van der Waals surface area (Å²) in [6.07, 6.45) is 7.59. The summed E-state index contributed by atoms with van der Waals surface area (Å²) in [7, 11) is 1.86. The molecule has 1 N–H and O–H groups in total. The summed E-state index contributed by atoms with van der Waals surface area (Å²) in [4.78, 5) is 19.8. The Bertz CT molecular complexity index is 1520. The van der Waals surface area contributed by atoms with Gasteiger partial charge in [0.25, 0.3) is 0 Å². The van der Waals surface area contributed by atoms with Crippen molar-refractivity contribution in [1.29, 1.82) is 0 Å². The molecule has 1 unspecified atom stereocenters. The fourth-order valence-corrected chi connectivity index (χ4v) is 6.31. The van der Waals surface area contributed by atoms with Crippen LogP contribution in [0.1, 0.15) is 74.0 Å². The maximum absolute atomic E-state index is 12.6. The number of aliphatic carboxylic acids is 1. The minimum Gasteiger partial charge on any atom is -0.481 e. The second-order valence-corrected chi connectivity index (χ2v) is 12.2. The molecule has 1 fully saturated rings. The average Bonchev–Trinajstić information content (AvgIpc) is 3.53. The van der Waals surface area contributed by atoms with Gasteiger partial charge in [0.05, 0.1) is 24.0 Å². The fraction of sp³-hybridized carbons (Fsp3) is 0.484. The molecule has 212 valence electrons. The minimum absolute atomic E-state index is 0.422. The van der Waals surface area contributed by atoms with Gasteiger partial charge in [-0.25, -0.2) is 9.67 Å². The number of hydrogen-bond donors (Lipinski definition) is 1. The molecule has 1 saturated heterocycles. The van der Waals surface area contributed by atoms with Gasteiger partial charge in [0.1, 0.15) is 11.3 Å². The monoisotopic (exact) mass is 562 g/mol. The second-order valence-electron chi connectivity index (χ2n) is 11.8. The standard InChI is InChI=1S/C31H39ClN6O2/c1-6-21-11-14-37(15-12-21)19-27-33-13-16-38(27)18-23-17-22(7-9-25(23)32)28(31(3,4)30(39)40)24-8-10-26-29(20(24)2)34-35-36(26)5/h7-10,13,16-17,21,28H,6,11-12,14-15,18-19H2,1-5H3,(H,39,40). The van der Waals surface area contributed by atoms with Crippen molar-refractivity contribution in [2.75, 3.05) is 13.1 Å². The van der Waals surface area contributed by atoms with Crippen LogP contribution in [0, 0.1) is 18.3 Å². The Hall–Kier alpha value is -3.23. The molecule has 0 amide bonds. The summed E-state index contributed by atoms with van der Waals surface area (Å²) in [6, 6.07) is 9.89. The molecule has 5 rings (SSSR count). The van der Waals surface area contributed by atoms with E-state index in [9.17, 15) is 9.90 Å². The van der Waals surface area contributed by atoms with Gasteiger partial charge in [0, 0.05) is 30.4 Å². The maximum atomic E-state index is 12.6. The van der Waals surface area contributed by atoms with Crippen molar-refractivity contribution in [3.63, 3.8) is 0 Å². The summed E-state index contributed by atoms with van der Waals surface area (Å²) in [5.74, 6) is 0.563. The van der Waals surface area contributed by atoms with Gasteiger partial charge in [-0.3, -0.25) is 9.69 Å². The van der Waals surface area contributed by atoms with E-state index >= 15 is 0 Å². The molecule has 9 heteroatoms. The molecule has 8 nitrogen and oxygen atoms in total. The number of likely N-dealkylation sites (tertiary alicyclic amines) is 1. The Kier molecular flexibility index (Phi) is 8.02. The molecule has 0 bridgehead atoms. The number of carboxylic acids is 1. The minimum atomic E-state index is -1.09. The van der Waals surface area contributed by atoms with Crippen LogP contribution >= 0.6 is 11.6 Å². The smallest absolute Gasteiger partial charge is 0.310 e. The van der Waals surface area contributed by atoms with E-state index in [1.807, 2.05) is 50.6 Å². The lowest BCUT2D eigenvalue weighted by atomic mass is 9.70.